The molecule has 0 amide bonds. The second kappa shape index (κ2) is 9.56. The molecular formula is C23H28KO2-. The van der Waals surface area contributed by atoms with Crippen LogP contribution in [0.4, 0.5) is 0 Å². The van der Waals surface area contributed by atoms with Crippen LogP contribution in [0.5, 0.6) is 0 Å². The third-order valence-electron chi connectivity index (χ3n) is 4.42. The van der Waals surface area contributed by atoms with Crippen molar-refractivity contribution in [3.63, 3.8) is 0 Å². The van der Waals surface area contributed by atoms with Crippen molar-refractivity contribution in [3.05, 3.63) is 84.1 Å². The summed E-state index contributed by atoms with van der Waals surface area (Å²) in [6.07, 6.45) is 1.32. The molecule has 0 spiro atoms. The van der Waals surface area contributed by atoms with E-state index in [2.05, 4.69) is 45.0 Å². The fourth-order valence-electron chi connectivity index (χ4n) is 3.48. The number of fused-ring (bicyclic) bond motifs is 2. The Bertz CT molecular complexity index is 700. The minimum atomic E-state index is -0.312. The van der Waals surface area contributed by atoms with E-state index in [0.29, 0.717) is 0 Å². The summed E-state index contributed by atoms with van der Waals surface area (Å²) < 4.78 is 5.98. The number of rotatable bonds is 3. The van der Waals surface area contributed by atoms with Crippen molar-refractivity contribution in [2.24, 2.45) is 5.41 Å². The normalized spacial score (nSPS) is 12.8. The quantitative estimate of drug-likeness (QED) is 0.468. The number of ether oxygens (including phenoxy) is 1. The summed E-state index contributed by atoms with van der Waals surface area (Å²) in [5, 5.41) is 0. The number of esters is 1. The van der Waals surface area contributed by atoms with Crippen LogP contribution >= 0.6 is 0 Å². The summed E-state index contributed by atoms with van der Waals surface area (Å²) in [5.74, 6) is 0.587. The Kier molecular flexibility index (Phi) is 8.63. The molecule has 0 saturated carbocycles. The largest absolute Gasteiger partial charge is 1.00 e. The van der Waals surface area contributed by atoms with Gasteiger partial charge in [0.1, 0.15) is 6.10 Å². The molecule has 0 saturated heterocycles. The van der Waals surface area contributed by atoms with Crippen LogP contribution in [0.15, 0.2) is 48.5 Å². The zero-order chi connectivity index (χ0) is 17.3. The standard InChI is InChI=1S/C22H25O2.CH3.K/c1-15(14-22(2,3)4)21(23)24-20-18-11-7-5-9-16(18)13-17-10-6-8-12-19(17)20;;/h5-12,20H,13-14H2,1-4H3;1H3;/q2*-1;+1. The molecule has 1 aliphatic rings. The Morgan fingerprint density at radius 1 is 1.04 bits per heavy atom. The summed E-state index contributed by atoms with van der Waals surface area (Å²) in [5.41, 5.74) is 4.76. The van der Waals surface area contributed by atoms with Gasteiger partial charge < -0.3 is 12.2 Å². The van der Waals surface area contributed by atoms with Crippen LogP contribution in [0.25, 0.3) is 0 Å². The molecule has 2 aromatic carbocycles. The van der Waals surface area contributed by atoms with Crippen molar-refractivity contribution in [3.8, 4) is 0 Å². The number of hydrogen-bond donors (Lipinski definition) is 0. The number of carbonyl (C=O) groups excluding carboxylic acids is 1. The monoisotopic (exact) mass is 375 g/mol. The maximum Gasteiger partial charge on any atom is 1.00 e. The van der Waals surface area contributed by atoms with Crippen LogP contribution in [0.3, 0.4) is 0 Å². The van der Waals surface area contributed by atoms with Gasteiger partial charge in [-0.3, -0.25) is 10.7 Å². The zero-order valence-electron chi connectivity index (χ0n) is 16.9. The summed E-state index contributed by atoms with van der Waals surface area (Å²) >= 11 is 0. The van der Waals surface area contributed by atoms with E-state index in [-0.39, 0.29) is 76.3 Å². The van der Waals surface area contributed by atoms with Crippen molar-refractivity contribution in [1.82, 2.24) is 0 Å². The van der Waals surface area contributed by atoms with E-state index in [9.17, 15) is 4.79 Å². The average molecular weight is 376 g/mol. The van der Waals surface area contributed by atoms with Crippen molar-refractivity contribution >= 4 is 5.97 Å². The fraction of sp³-hybridized carbons (Fsp3) is 0.348. The Morgan fingerprint density at radius 2 is 1.50 bits per heavy atom. The molecule has 0 N–H and O–H groups in total. The average Bonchev–Trinajstić information content (AvgIpc) is 2.53. The molecule has 0 atom stereocenters. The van der Waals surface area contributed by atoms with Crippen LogP contribution in [-0.4, -0.2) is 5.97 Å². The van der Waals surface area contributed by atoms with Gasteiger partial charge in [0.25, 0.3) is 0 Å². The van der Waals surface area contributed by atoms with Crippen molar-refractivity contribution in [1.29, 1.82) is 0 Å². The second-order valence-corrected chi connectivity index (χ2v) is 7.88. The first-order valence-corrected chi connectivity index (χ1v) is 8.54. The molecule has 0 aromatic heterocycles. The minimum Gasteiger partial charge on any atom is -0.475 e. The minimum absolute atomic E-state index is 0. The van der Waals surface area contributed by atoms with E-state index < -0.39 is 0 Å². The molecule has 26 heavy (non-hydrogen) atoms. The Hall–Kier alpha value is -0.584. The molecule has 0 heterocycles. The van der Waals surface area contributed by atoms with Crippen LogP contribution < -0.4 is 51.4 Å². The number of hydrogen-bond acceptors (Lipinski definition) is 2. The van der Waals surface area contributed by atoms with Gasteiger partial charge >= 0.3 is 51.4 Å². The Labute approximate surface area is 201 Å². The predicted octanol–water partition coefficient (Wildman–Crippen LogP) is 2.71. The third-order valence-corrected chi connectivity index (χ3v) is 4.42. The molecule has 1 aliphatic carbocycles. The topological polar surface area (TPSA) is 26.3 Å². The van der Waals surface area contributed by atoms with E-state index in [4.69, 9.17) is 4.74 Å². The smallest absolute Gasteiger partial charge is 0.475 e. The van der Waals surface area contributed by atoms with Crippen molar-refractivity contribution < 1.29 is 60.9 Å². The van der Waals surface area contributed by atoms with Gasteiger partial charge in [0.05, 0.1) is 0 Å². The van der Waals surface area contributed by atoms with Gasteiger partial charge in [-0.1, -0.05) is 74.7 Å². The van der Waals surface area contributed by atoms with E-state index >= 15 is 0 Å². The molecule has 3 rings (SSSR count). The van der Waals surface area contributed by atoms with Gasteiger partial charge in [-0.05, 0) is 17.5 Å². The first-order valence-electron chi connectivity index (χ1n) is 8.54. The SMILES string of the molecule is C[C-](CC(C)(C)C)C(=O)OC1c2ccccc2Cc2ccccc21.[CH3-].[K+]. The molecule has 0 aliphatic heterocycles. The molecular weight excluding hydrogens is 347 g/mol. The van der Waals surface area contributed by atoms with Crippen molar-refractivity contribution in [2.75, 3.05) is 0 Å². The summed E-state index contributed by atoms with van der Waals surface area (Å²) in [4.78, 5) is 12.6. The van der Waals surface area contributed by atoms with Gasteiger partial charge in [-0.15, -0.1) is 0 Å². The van der Waals surface area contributed by atoms with Crippen LogP contribution in [-0.2, 0) is 16.0 Å². The van der Waals surface area contributed by atoms with E-state index in [1.807, 2.05) is 31.2 Å². The first-order chi connectivity index (χ1) is 11.3. The predicted molar refractivity (Wildman–Crippen MR) is 103 cm³/mol. The summed E-state index contributed by atoms with van der Waals surface area (Å²) in [6.45, 7) is 8.28. The second-order valence-electron chi connectivity index (χ2n) is 7.88. The van der Waals surface area contributed by atoms with E-state index in [1.165, 1.54) is 11.1 Å². The molecule has 0 radical (unpaired) electrons. The molecule has 134 valence electrons. The molecule has 0 fully saturated rings. The fourth-order valence-corrected chi connectivity index (χ4v) is 3.48. The van der Waals surface area contributed by atoms with Crippen molar-refractivity contribution in [2.45, 2.75) is 46.6 Å². The Balaban J connectivity index is 0.00000169. The van der Waals surface area contributed by atoms with Gasteiger partial charge in [0.15, 0.2) is 5.97 Å². The molecule has 0 bridgehead atoms. The molecule has 2 aromatic rings. The zero-order valence-corrected chi connectivity index (χ0v) is 20.0. The van der Waals surface area contributed by atoms with Crippen LogP contribution in [0.2, 0.25) is 0 Å². The molecule has 3 heteroatoms. The Morgan fingerprint density at radius 3 is 1.96 bits per heavy atom. The third kappa shape index (κ3) is 5.46. The molecule has 0 unspecified atom stereocenters. The van der Waals surface area contributed by atoms with Gasteiger partial charge in [0, 0.05) is 11.1 Å². The summed E-state index contributed by atoms with van der Waals surface area (Å²) in [6, 6.07) is 16.5. The van der Waals surface area contributed by atoms with Crippen LogP contribution in [0.1, 0.15) is 62.5 Å². The van der Waals surface area contributed by atoms with E-state index in [1.54, 1.807) is 0 Å². The molecule has 2 nitrogen and oxygen atoms in total. The van der Waals surface area contributed by atoms with Gasteiger partial charge in [0.2, 0.25) is 0 Å². The first kappa shape index (κ1) is 23.5. The summed E-state index contributed by atoms with van der Waals surface area (Å²) in [7, 11) is 0. The number of benzene rings is 2. The van der Waals surface area contributed by atoms with Crippen LogP contribution in [0, 0.1) is 18.8 Å². The van der Waals surface area contributed by atoms with E-state index in [0.717, 1.165) is 29.9 Å². The number of carbonyl (C=O) groups is 1. The maximum absolute atomic E-state index is 12.6. The maximum atomic E-state index is 12.6. The van der Waals surface area contributed by atoms with Gasteiger partial charge in [-0.2, -0.15) is 13.3 Å². The van der Waals surface area contributed by atoms with Gasteiger partial charge in [-0.25, -0.2) is 0 Å².